The molecule has 1 aliphatic rings. The Labute approximate surface area is 128 Å². The van der Waals surface area contributed by atoms with Crippen LogP contribution in [0.5, 0.6) is 11.5 Å². The number of ether oxygens (including phenoxy) is 1. The zero-order valence-electron chi connectivity index (χ0n) is 12.4. The van der Waals surface area contributed by atoms with Crippen molar-refractivity contribution in [2.75, 3.05) is 19.7 Å². The van der Waals surface area contributed by atoms with Crippen LogP contribution in [-0.2, 0) is 4.74 Å². The van der Waals surface area contributed by atoms with Gasteiger partial charge in [-0.3, -0.25) is 4.79 Å². The summed E-state index contributed by atoms with van der Waals surface area (Å²) >= 11 is 0. The first kappa shape index (κ1) is 15.9. The van der Waals surface area contributed by atoms with E-state index in [0.717, 1.165) is 0 Å². The van der Waals surface area contributed by atoms with Gasteiger partial charge >= 0.3 is 6.09 Å². The van der Waals surface area contributed by atoms with Crippen LogP contribution in [0.15, 0.2) is 18.2 Å². The van der Waals surface area contributed by atoms with E-state index in [0.29, 0.717) is 32.5 Å². The molecule has 7 nitrogen and oxygen atoms in total. The van der Waals surface area contributed by atoms with Gasteiger partial charge in [0, 0.05) is 30.8 Å². The Balaban J connectivity index is 1.91. The van der Waals surface area contributed by atoms with Crippen molar-refractivity contribution in [2.45, 2.75) is 25.8 Å². The number of alkyl carbamates (subject to hydrolysis) is 1. The van der Waals surface area contributed by atoms with Gasteiger partial charge in [-0.15, -0.1) is 0 Å². The van der Waals surface area contributed by atoms with Crippen molar-refractivity contribution in [2.24, 2.45) is 0 Å². The summed E-state index contributed by atoms with van der Waals surface area (Å²) in [6.45, 7) is 3.05. The Bertz CT molecular complexity index is 533. The summed E-state index contributed by atoms with van der Waals surface area (Å²) in [7, 11) is 0. The molecule has 0 atom stereocenters. The lowest BCUT2D eigenvalue weighted by Crippen LogP contribution is -2.46. The molecule has 0 radical (unpaired) electrons. The molecule has 0 aliphatic carbocycles. The number of aromatic hydroxyl groups is 2. The summed E-state index contributed by atoms with van der Waals surface area (Å²) in [5.41, 5.74) is 0.245. The van der Waals surface area contributed by atoms with Gasteiger partial charge in [0.25, 0.3) is 5.91 Å². The second-order valence-corrected chi connectivity index (χ2v) is 5.17. The monoisotopic (exact) mass is 308 g/mol. The summed E-state index contributed by atoms with van der Waals surface area (Å²) in [6.07, 6.45) is 0.829. The highest BCUT2D eigenvalue weighted by atomic mass is 16.5. The lowest BCUT2D eigenvalue weighted by Gasteiger charge is -2.32. The van der Waals surface area contributed by atoms with E-state index in [1.54, 1.807) is 11.8 Å². The standard InChI is InChI=1S/C15H20N2O5/c1-2-22-15(21)16-11-3-5-17(6-4-11)14(20)10-7-12(18)9-13(19)8-10/h7-9,11,18-19H,2-6H2,1H3,(H,16,21). The van der Waals surface area contributed by atoms with Crippen molar-refractivity contribution < 1.29 is 24.5 Å². The third-order valence-electron chi connectivity index (χ3n) is 3.53. The highest BCUT2D eigenvalue weighted by Gasteiger charge is 2.25. The third-order valence-corrected chi connectivity index (χ3v) is 3.53. The van der Waals surface area contributed by atoms with Gasteiger partial charge in [-0.2, -0.15) is 0 Å². The Morgan fingerprint density at radius 1 is 1.23 bits per heavy atom. The predicted molar refractivity (Wildman–Crippen MR) is 78.9 cm³/mol. The summed E-state index contributed by atoms with van der Waals surface area (Å²) in [6, 6.07) is 3.81. The number of amides is 2. The van der Waals surface area contributed by atoms with Crippen LogP contribution in [0.3, 0.4) is 0 Å². The summed E-state index contributed by atoms with van der Waals surface area (Å²) in [5, 5.41) is 21.6. The molecule has 1 saturated heterocycles. The van der Waals surface area contributed by atoms with Gasteiger partial charge in [-0.1, -0.05) is 0 Å². The second-order valence-electron chi connectivity index (χ2n) is 5.17. The van der Waals surface area contributed by atoms with Crippen molar-refractivity contribution in [1.29, 1.82) is 0 Å². The number of phenolic OH excluding ortho intramolecular Hbond substituents is 2. The zero-order chi connectivity index (χ0) is 16.1. The van der Waals surface area contributed by atoms with Crippen LogP contribution in [-0.4, -0.2) is 52.9 Å². The largest absolute Gasteiger partial charge is 0.508 e. The molecular weight excluding hydrogens is 288 g/mol. The normalized spacial score (nSPS) is 15.4. The van der Waals surface area contributed by atoms with Gasteiger partial charge in [0.15, 0.2) is 0 Å². The van der Waals surface area contributed by atoms with E-state index in [4.69, 9.17) is 4.74 Å². The molecule has 1 aromatic carbocycles. The molecule has 3 N–H and O–H groups in total. The SMILES string of the molecule is CCOC(=O)NC1CCN(C(=O)c2cc(O)cc(O)c2)CC1. The number of likely N-dealkylation sites (tertiary alicyclic amines) is 1. The summed E-state index contributed by atoms with van der Waals surface area (Å²) in [4.78, 5) is 25.3. The first-order valence-electron chi connectivity index (χ1n) is 7.25. The minimum Gasteiger partial charge on any atom is -0.508 e. The molecule has 0 bridgehead atoms. The lowest BCUT2D eigenvalue weighted by molar-refractivity contribution is 0.0701. The Kier molecular flexibility index (Phi) is 5.08. The number of hydrogen-bond donors (Lipinski definition) is 3. The smallest absolute Gasteiger partial charge is 0.407 e. The van der Waals surface area contributed by atoms with Gasteiger partial charge in [0.1, 0.15) is 11.5 Å². The van der Waals surface area contributed by atoms with E-state index in [9.17, 15) is 19.8 Å². The van der Waals surface area contributed by atoms with Crippen molar-refractivity contribution in [3.8, 4) is 11.5 Å². The highest BCUT2D eigenvalue weighted by Crippen LogP contribution is 2.22. The summed E-state index contributed by atoms with van der Waals surface area (Å²) in [5.74, 6) is -0.551. The Morgan fingerprint density at radius 3 is 2.36 bits per heavy atom. The van der Waals surface area contributed by atoms with Gasteiger partial charge in [-0.05, 0) is 31.9 Å². The first-order chi connectivity index (χ1) is 10.5. The van der Waals surface area contributed by atoms with E-state index in [1.807, 2.05) is 0 Å². The number of benzene rings is 1. The molecule has 0 saturated carbocycles. The number of hydrogen-bond acceptors (Lipinski definition) is 5. The van der Waals surface area contributed by atoms with Crippen molar-refractivity contribution in [3.63, 3.8) is 0 Å². The topological polar surface area (TPSA) is 99.1 Å². The number of piperidine rings is 1. The maximum Gasteiger partial charge on any atom is 0.407 e. The maximum atomic E-state index is 12.3. The van der Waals surface area contributed by atoms with E-state index in [1.165, 1.54) is 18.2 Å². The molecule has 2 rings (SSSR count). The second kappa shape index (κ2) is 7.02. The number of carbonyl (C=O) groups is 2. The molecule has 120 valence electrons. The van der Waals surface area contributed by atoms with Crippen LogP contribution in [0.2, 0.25) is 0 Å². The fourth-order valence-corrected chi connectivity index (χ4v) is 2.47. The molecule has 1 aromatic rings. The average molecular weight is 308 g/mol. The average Bonchev–Trinajstić information content (AvgIpc) is 2.46. The van der Waals surface area contributed by atoms with Crippen LogP contribution in [0, 0.1) is 0 Å². The van der Waals surface area contributed by atoms with E-state index < -0.39 is 6.09 Å². The van der Waals surface area contributed by atoms with Crippen molar-refractivity contribution in [3.05, 3.63) is 23.8 Å². The third kappa shape index (κ3) is 4.03. The molecule has 2 amide bonds. The van der Waals surface area contributed by atoms with Crippen LogP contribution in [0.1, 0.15) is 30.1 Å². The van der Waals surface area contributed by atoms with Crippen molar-refractivity contribution in [1.82, 2.24) is 10.2 Å². The number of phenols is 2. The van der Waals surface area contributed by atoms with Crippen LogP contribution in [0.4, 0.5) is 4.79 Å². The molecule has 0 aromatic heterocycles. The molecule has 1 fully saturated rings. The fraction of sp³-hybridized carbons (Fsp3) is 0.467. The van der Waals surface area contributed by atoms with E-state index in [-0.39, 0.29) is 29.0 Å². The van der Waals surface area contributed by atoms with Crippen molar-refractivity contribution >= 4 is 12.0 Å². The first-order valence-corrected chi connectivity index (χ1v) is 7.25. The van der Waals surface area contributed by atoms with E-state index in [2.05, 4.69) is 5.32 Å². The Hall–Kier alpha value is -2.44. The zero-order valence-corrected chi connectivity index (χ0v) is 12.4. The lowest BCUT2D eigenvalue weighted by atomic mass is 10.0. The molecule has 0 spiro atoms. The summed E-state index contributed by atoms with van der Waals surface area (Å²) < 4.78 is 4.83. The number of carbonyl (C=O) groups excluding carboxylic acids is 2. The van der Waals surface area contributed by atoms with Gasteiger partial charge in [0.05, 0.1) is 6.61 Å². The number of nitrogens with zero attached hydrogens (tertiary/aromatic N) is 1. The Morgan fingerprint density at radius 2 is 1.82 bits per heavy atom. The fourth-order valence-electron chi connectivity index (χ4n) is 2.47. The molecule has 22 heavy (non-hydrogen) atoms. The highest BCUT2D eigenvalue weighted by molar-refractivity contribution is 5.95. The minimum absolute atomic E-state index is 0.0133. The molecule has 7 heteroatoms. The number of nitrogens with one attached hydrogen (secondary N) is 1. The van der Waals surface area contributed by atoms with Crippen LogP contribution >= 0.6 is 0 Å². The van der Waals surface area contributed by atoms with Gasteiger partial charge in [-0.25, -0.2) is 4.79 Å². The molecular formula is C15H20N2O5. The molecule has 0 unspecified atom stereocenters. The van der Waals surface area contributed by atoms with Gasteiger partial charge in [0.2, 0.25) is 0 Å². The molecule has 1 heterocycles. The van der Waals surface area contributed by atoms with E-state index >= 15 is 0 Å². The number of rotatable bonds is 3. The minimum atomic E-state index is -0.440. The maximum absolute atomic E-state index is 12.3. The van der Waals surface area contributed by atoms with Gasteiger partial charge < -0.3 is 25.2 Å². The van der Waals surface area contributed by atoms with Crippen LogP contribution in [0.25, 0.3) is 0 Å². The van der Waals surface area contributed by atoms with Crippen LogP contribution < -0.4 is 5.32 Å². The molecule has 1 aliphatic heterocycles. The quantitative estimate of drug-likeness (QED) is 0.785. The predicted octanol–water partition coefficient (Wildman–Crippen LogP) is 1.45.